The van der Waals surface area contributed by atoms with Crippen LogP contribution in [0.5, 0.6) is 5.75 Å². The summed E-state index contributed by atoms with van der Waals surface area (Å²) in [5.74, 6) is 0.0466. The van der Waals surface area contributed by atoms with Crippen LogP contribution >= 0.6 is 0 Å². The van der Waals surface area contributed by atoms with Crippen molar-refractivity contribution in [3.8, 4) is 5.75 Å². The maximum absolute atomic E-state index is 12.2. The summed E-state index contributed by atoms with van der Waals surface area (Å²) in [7, 11) is 0. The number of halogens is 3. The van der Waals surface area contributed by atoms with E-state index in [-0.39, 0.29) is 5.75 Å². The predicted octanol–water partition coefficient (Wildman–Crippen LogP) is 2.43. The number of ether oxygens (including phenoxy) is 1. The monoisotopic (exact) mass is 175 g/mol. The zero-order valence-electron chi connectivity index (χ0n) is 6.01. The van der Waals surface area contributed by atoms with Gasteiger partial charge in [-0.05, 0) is 18.2 Å². The van der Waals surface area contributed by atoms with Gasteiger partial charge in [0, 0.05) is 0 Å². The summed E-state index contributed by atoms with van der Waals surface area (Å²) in [6.07, 6.45) is -5.69. The fourth-order valence-corrected chi connectivity index (χ4v) is 0.632. The smallest absolute Gasteiger partial charge is 0.304 e. The molecule has 0 aliphatic heterocycles. The third-order valence-electron chi connectivity index (χ3n) is 1.13. The number of alkyl halides is 3. The summed E-state index contributed by atoms with van der Waals surface area (Å²) in [5, 5.41) is 0. The molecule has 0 N–H and O–H groups in total. The maximum Gasteiger partial charge on any atom is 0.304 e. The molecule has 1 radical (unpaired) electrons. The molecular weight excluding hydrogens is 169 g/mol. The van der Waals surface area contributed by atoms with Crippen LogP contribution in [-0.2, 0) is 0 Å². The average molecular weight is 175 g/mol. The molecule has 1 aromatic rings. The van der Waals surface area contributed by atoms with Crippen molar-refractivity contribution in [2.45, 2.75) is 12.8 Å². The van der Waals surface area contributed by atoms with Gasteiger partial charge in [0.05, 0.1) is 0 Å². The first-order valence-electron chi connectivity index (χ1n) is 3.25. The van der Waals surface area contributed by atoms with Gasteiger partial charge < -0.3 is 4.74 Å². The van der Waals surface area contributed by atoms with Crippen molar-refractivity contribution in [3.63, 3.8) is 0 Å². The molecule has 4 heteroatoms. The van der Waals surface area contributed by atoms with Gasteiger partial charge in [0.15, 0.2) is 0 Å². The Kier molecular flexibility index (Phi) is 2.96. The van der Waals surface area contributed by atoms with Gasteiger partial charge in [-0.1, -0.05) is 12.1 Å². The number of hydrogen-bond acceptors (Lipinski definition) is 1. The molecule has 1 nitrogen and oxygen atoms in total. The van der Waals surface area contributed by atoms with E-state index < -0.39 is 12.8 Å². The van der Waals surface area contributed by atoms with Gasteiger partial charge in [-0.25, -0.2) is 8.78 Å². The van der Waals surface area contributed by atoms with Crippen LogP contribution in [0.4, 0.5) is 13.2 Å². The van der Waals surface area contributed by atoms with Crippen LogP contribution in [0.25, 0.3) is 0 Å². The molecule has 65 valence electrons. The molecule has 0 aromatic heterocycles. The molecule has 0 amide bonds. The summed E-state index contributed by atoms with van der Waals surface area (Å²) >= 11 is 0. The highest BCUT2D eigenvalue weighted by Crippen LogP contribution is 2.14. The molecule has 0 saturated heterocycles. The van der Waals surface area contributed by atoms with Crippen molar-refractivity contribution in [1.82, 2.24) is 0 Å². The van der Waals surface area contributed by atoms with Crippen LogP contribution in [0.2, 0.25) is 0 Å². The van der Waals surface area contributed by atoms with Crippen molar-refractivity contribution in [1.29, 1.82) is 0 Å². The molecule has 0 heterocycles. The molecule has 1 atom stereocenters. The fraction of sp³-hybridized carbons (Fsp3) is 0.250. The van der Waals surface area contributed by atoms with Crippen LogP contribution < -0.4 is 4.74 Å². The van der Waals surface area contributed by atoms with E-state index in [1.807, 2.05) is 0 Å². The molecule has 0 bridgehead atoms. The first kappa shape index (κ1) is 8.90. The number of benzene rings is 1. The lowest BCUT2D eigenvalue weighted by Gasteiger charge is -2.09. The molecule has 0 aliphatic carbocycles. The highest BCUT2D eigenvalue weighted by Gasteiger charge is 2.20. The first-order valence-corrected chi connectivity index (χ1v) is 3.25. The third kappa shape index (κ3) is 2.45. The van der Waals surface area contributed by atoms with Gasteiger partial charge >= 0.3 is 6.43 Å². The second-order valence-corrected chi connectivity index (χ2v) is 2.04. The number of rotatable bonds is 3. The van der Waals surface area contributed by atoms with Gasteiger partial charge in [0.2, 0.25) is 0 Å². The quantitative estimate of drug-likeness (QED) is 0.685. The molecule has 1 unspecified atom stereocenters. The SMILES string of the molecule is FC(F)C(F)Oc1c[c]ccc1. The second-order valence-electron chi connectivity index (χ2n) is 2.04. The van der Waals surface area contributed by atoms with Crippen LogP contribution in [0.1, 0.15) is 0 Å². The summed E-state index contributed by atoms with van der Waals surface area (Å²) < 4.78 is 39.7. The lowest BCUT2D eigenvalue weighted by atomic mass is 10.3. The molecular formula is C8H6F3O. The highest BCUT2D eigenvalue weighted by atomic mass is 19.3. The van der Waals surface area contributed by atoms with Crippen molar-refractivity contribution in [2.75, 3.05) is 0 Å². The third-order valence-corrected chi connectivity index (χ3v) is 1.13. The minimum atomic E-state index is -3.12. The molecule has 1 rings (SSSR count). The Balaban J connectivity index is 2.53. The topological polar surface area (TPSA) is 9.23 Å². The van der Waals surface area contributed by atoms with Gasteiger partial charge in [-0.2, -0.15) is 4.39 Å². The van der Waals surface area contributed by atoms with Gasteiger partial charge in [0.1, 0.15) is 5.75 Å². The standard InChI is InChI=1S/C8H6F3O/c9-7(10)8(11)12-6-4-2-1-3-5-6/h1-2,4-5,7-8H. The van der Waals surface area contributed by atoms with E-state index >= 15 is 0 Å². The molecule has 0 spiro atoms. The summed E-state index contributed by atoms with van der Waals surface area (Å²) in [6, 6.07) is 8.32. The van der Waals surface area contributed by atoms with Gasteiger partial charge in [-0.3, -0.25) is 0 Å². The normalized spacial score (nSPS) is 13.0. The lowest BCUT2D eigenvalue weighted by molar-refractivity contribution is -0.0669. The Morgan fingerprint density at radius 2 is 2.08 bits per heavy atom. The van der Waals surface area contributed by atoms with Crippen molar-refractivity contribution in [2.24, 2.45) is 0 Å². The molecule has 0 aliphatic rings. The first-order chi connectivity index (χ1) is 5.70. The van der Waals surface area contributed by atoms with Crippen LogP contribution in [0.15, 0.2) is 24.3 Å². The van der Waals surface area contributed by atoms with Gasteiger partial charge in [0.25, 0.3) is 6.36 Å². The van der Waals surface area contributed by atoms with Crippen molar-refractivity contribution >= 4 is 0 Å². The van der Waals surface area contributed by atoms with E-state index in [0.29, 0.717) is 0 Å². The largest absolute Gasteiger partial charge is 0.454 e. The Morgan fingerprint density at radius 3 is 2.58 bits per heavy atom. The van der Waals surface area contributed by atoms with E-state index in [9.17, 15) is 13.2 Å². The minimum absolute atomic E-state index is 0.0466. The van der Waals surface area contributed by atoms with Crippen molar-refractivity contribution in [3.05, 3.63) is 30.3 Å². The molecule has 12 heavy (non-hydrogen) atoms. The second kappa shape index (κ2) is 3.99. The van der Waals surface area contributed by atoms with Crippen LogP contribution in [0, 0.1) is 6.07 Å². The number of hydrogen-bond donors (Lipinski definition) is 0. The zero-order chi connectivity index (χ0) is 8.97. The van der Waals surface area contributed by atoms with Gasteiger partial charge in [-0.15, -0.1) is 0 Å². The molecule has 0 fully saturated rings. The van der Waals surface area contributed by atoms with Crippen LogP contribution in [0.3, 0.4) is 0 Å². The van der Waals surface area contributed by atoms with E-state index in [2.05, 4.69) is 10.8 Å². The lowest BCUT2D eigenvalue weighted by Crippen LogP contribution is -2.19. The Bertz CT molecular complexity index is 225. The van der Waals surface area contributed by atoms with E-state index in [1.165, 1.54) is 18.2 Å². The molecule has 0 saturated carbocycles. The van der Waals surface area contributed by atoms with Crippen molar-refractivity contribution < 1.29 is 17.9 Å². The predicted molar refractivity (Wildman–Crippen MR) is 36.8 cm³/mol. The Hall–Kier alpha value is -1.19. The molecule has 1 aromatic carbocycles. The summed E-state index contributed by atoms with van der Waals surface area (Å²) in [5.41, 5.74) is 0. The maximum atomic E-state index is 12.2. The fourth-order valence-electron chi connectivity index (χ4n) is 0.632. The Morgan fingerprint density at radius 1 is 1.33 bits per heavy atom. The minimum Gasteiger partial charge on any atom is -0.454 e. The Labute approximate surface area is 67.8 Å². The summed E-state index contributed by atoms with van der Waals surface area (Å²) in [6.45, 7) is 0. The van der Waals surface area contributed by atoms with E-state index in [0.717, 1.165) is 0 Å². The average Bonchev–Trinajstić information content (AvgIpc) is 2.06. The van der Waals surface area contributed by atoms with E-state index in [1.54, 1.807) is 6.07 Å². The van der Waals surface area contributed by atoms with Crippen LogP contribution in [-0.4, -0.2) is 12.8 Å². The zero-order valence-corrected chi connectivity index (χ0v) is 6.01. The summed E-state index contributed by atoms with van der Waals surface area (Å²) in [4.78, 5) is 0. The highest BCUT2D eigenvalue weighted by molar-refractivity contribution is 5.20. The van der Waals surface area contributed by atoms with E-state index in [4.69, 9.17) is 0 Å².